The molecule has 0 atom stereocenters. The number of amides is 2. The van der Waals surface area contributed by atoms with Crippen molar-refractivity contribution >= 4 is 58.8 Å². The quantitative estimate of drug-likeness (QED) is 0.408. The highest BCUT2D eigenvalue weighted by Gasteiger charge is 2.29. The molecule has 4 N–H and O–H groups in total. The Morgan fingerprint density at radius 2 is 2.27 bits per heavy atom. The van der Waals surface area contributed by atoms with Crippen LogP contribution in [0.5, 0.6) is 0 Å². The zero-order valence-corrected chi connectivity index (χ0v) is 14.6. The van der Waals surface area contributed by atoms with Crippen LogP contribution in [0, 0.1) is 5.41 Å². The maximum absolute atomic E-state index is 12.0. The zero-order valence-electron chi connectivity index (χ0n) is 12.2. The molecule has 1 aliphatic rings. The van der Waals surface area contributed by atoms with Gasteiger partial charge in [-0.1, -0.05) is 13.3 Å². The van der Waals surface area contributed by atoms with E-state index in [1.807, 2.05) is 0 Å². The van der Waals surface area contributed by atoms with Crippen molar-refractivity contribution in [1.82, 2.24) is 5.32 Å². The van der Waals surface area contributed by atoms with E-state index in [4.69, 9.17) is 11.1 Å². The van der Waals surface area contributed by atoms with E-state index in [1.54, 1.807) is 6.07 Å². The zero-order chi connectivity index (χ0) is 15.4. The summed E-state index contributed by atoms with van der Waals surface area (Å²) >= 11 is 2.82. The minimum Gasteiger partial charge on any atom is -0.383 e. The first kappa shape index (κ1) is 18.8. The van der Waals surface area contributed by atoms with Gasteiger partial charge in [0, 0.05) is 6.54 Å². The number of carbonyl (C=O) groups is 2. The molecule has 0 saturated heterocycles. The van der Waals surface area contributed by atoms with Gasteiger partial charge in [0.1, 0.15) is 12.4 Å². The Kier molecular flexibility index (Phi) is 7.18. The van der Waals surface area contributed by atoms with E-state index in [-0.39, 0.29) is 36.6 Å². The highest BCUT2D eigenvalue weighted by molar-refractivity contribution is 8.02. The summed E-state index contributed by atoms with van der Waals surface area (Å²) in [5.41, 5.74) is 6.18. The number of thiophene rings is 1. The molecular weight excluding hydrogens is 344 g/mol. The van der Waals surface area contributed by atoms with Crippen LogP contribution in [0.4, 0.5) is 5.69 Å². The van der Waals surface area contributed by atoms with Crippen LogP contribution in [0.25, 0.3) is 0 Å². The second-order valence-corrected chi connectivity index (χ2v) is 6.97. The number of halogens is 1. The first-order chi connectivity index (χ1) is 10.0. The van der Waals surface area contributed by atoms with Gasteiger partial charge in [-0.05, 0) is 12.5 Å². The van der Waals surface area contributed by atoms with Gasteiger partial charge in [-0.2, -0.15) is 0 Å². The third kappa shape index (κ3) is 4.37. The van der Waals surface area contributed by atoms with Crippen LogP contribution in [0.2, 0.25) is 0 Å². The Labute approximate surface area is 143 Å². The topological polar surface area (TPSA) is 99.3 Å². The summed E-state index contributed by atoms with van der Waals surface area (Å²) in [7, 11) is 0. The van der Waals surface area contributed by atoms with Gasteiger partial charge < -0.3 is 16.0 Å². The number of unbranched alkanes of at least 4 members (excludes halogenated alkanes) is 1. The molecule has 0 unspecified atom stereocenters. The van der Waals surface area contributed by atoms with E-state index in [1.165, 1.54) is 28.0 Å². The molecule has 1 aromatic heterocycles. The largest absolute Gasteiger partial charge is 0.383 e. The number of thioether (sulfide) groups is 1. The fourth-order valence-electron chi connectivity index (χ4n) is 1.91. The monoisotopic (exact) mass is 362 g/mol. The Hall–Kier alpha value is -1.25. The maximum atomic E-state index is 12.0. The van der Waals surface area contributed by atoms with Crippen molar-refractivity contribution in [3.63, 3.8) is 0 Å². The number of fused-ring (bicyclic) bond motifs is 1. The first-order valence-corrected chi connectivity index (χ1v) is 8.51. The molecule has 0 aromatic carbocycles. The lowest BCUT2D eigenvalue weighted by molar-refractivity contribution is -0.122. The summed E-state index contributed by atoms with van der Waals surface area (Å²) in [6, 6.07) is 1.71. The molecule has 0 fully saturated rings. The van der Waals surface area contributed by atoms with Crippen molar-refractivity contribution in [2.24, 2.45) is 5.73 Å². The Morgan fingerprint density at radius 1 is 1.55 bits per heavy atom. The number of anilines is 1. The number of amidine groups is 1. The van der Waals surface area contributed by atoms with Crippen LogP contribution < -0.4 is 16.0 Å². The van der Waals surface area contributed by atoms with Gasteiger partial charge in [-0.15, -0.1) is 35.5 Å². The van der Waals surface area contributed by atoms with Crippen molar-refractivity contribution in [2.45, 2.75) is 24.0 Å². The van der Waals surface area contributed by atoms with E-state index in [0.717, 1.165) is 17.1 Å². The molecule has 122 valence electrons. The number of carbonyl (C=O) groups excluding carboxylic acids is 2. The molecule has 22 heavy (non-hydrogen) atoms. The summed E-state index contributed by atoms with van der Waals surface area (Å²) in [6.07, 6.45) is 1.93. The molecule has 2 heterocycles. The first-order valence-electron chi connectivity index (χ1n) is 6.71. The van der Waals surface area contributed by atoms with Crippen molar-refractivity contribution in [1.29, 1.82) is 5.41 Å². The molecule has 0 aliphatic carbocycles. The fourth-order valence-corrected chi connectivity index (χ4v) is 4.07. The van der Waals surface area contributed by atoms with E-state index >= 15 is 0 Å². The third-order valence-electron chi connectivity index (χ3n) is 3.02. The van der Waals surface area contributed by atoms with Gasteiger partial charge in [0.15, 0.2) is 0 Å². The van der Waals surface area contributed by atoms with Gasteiger partial charge in [-0.25, -0.2) is 0 Å². The van der Waals surface area contributed by atoms with E-state index in [9.17, 15) is 9.59 Å². The smallest absolute Gasteiger partial charge is 0.240 e. The highest BCUT2D eigenvalue weighted by atomic mass is 35.5. The summed E-state index contributed by atoms with van der Waals surface area (Å²) in [6.45, 7) is 2.70. The summed E-state index contributed by atoms with van der Waals surface area (Å²) < 4.78 is 0.932. The normalized spacial score (nSPS) is 13.3. The van der Waals surface area contributed by atoms with Crippen LogP contribution in [0.15, 0.2) is 10.3 Å². The number of hydrogen-bond acceptors (Lipinski definition) is 5. The number of nitrogens with zero attached hydrogens (tertiary/aromatic N) is 1. The highest BCUT2D eigenvalue weighted by Crippen LogP contribution is 2.41. The molecule has 6 nitrogen and oxygen atoms in total. The second kappa shape index (κ2) is 8.40. The van der Waals surface area contributed by atoms with E-state index in [2.05, 4.69) is 12.2 Å². The Balaban J connectivity index is 0.00000242. The van der Waals surface area contributed by atoms with Gasteiger partial charge >= 0.3 is 0 Å². The van der Waals surface area contributed by atoms with Gasteiger partial charge in [-0.3, -0.25) is 15.0 Å². The molecule has 9 heteroatoms. The molecule has 2 rings (SSSR count). The summed E-state index contributed by atoms with van der Waals surface area (Å²) in [4.78, 5) is 26.1. The van der Waals surface area contributed by atoms with Crippen LogP contribution in [-0.4, -0.2) is 36.5 Å². The SMILES string of the molecule is CCCCNC(=O)CN1C(=O)CSc2sc(C(=N)N)cc21.Cl. The third-order valence-corrected chi connectivity index (χ3v) is 5.44. The molecule has 0 bridgehead atoms. The van der Waals surface area contributed by atoms with Crippen molar-refractivity contribution < 1.29 is 9.59 Å². The summed E-state index contributed by atoms with van der Waals surface area (Å²) in [5.74, 6) is 0.0404. The average Bonchev–Trinajstić information content (AvgIpc) is 2.87. The predicted molar refractivity (Wildman–Crippen MR) is 93.6 cm³/mol. The Morgan fingerprint density at radius 3 is 2.91 bits per heavy atom. The van der Waals surface area contributed by atoms with Crippen molar-refractivity contribution in [2.75, 3.05) is 23.7 Å². The summed E-state index contributed by atoms with van der Waals surface area (Å²) in [5, 5.41) is 10.3. The van der Waals surface area contributed by atoms with E-state index in [0.29, 0.717) is 22.9 Å². The molecule has 1 aliphatic heterocycles. The lowest BCUT2D eigenvalue weighted by Gasteiger charge is -2.25. The molecule has 1 aromatic rings. The predicted octanol–water partition coefficient (Wildman–Crippen LogP) is 1.81. The number of nitrogen functional groups attached to an aromatic ring is 1. The van der Waals surface area contributed by atoms with E-state index < -0.39 is 0 Å². The lowest BCUT2D eigenvalue weighted by atomic mass is 10.3. The molecular formula is C13H19ClN4O2S2. The number of rotatable bonds is 6. The fraction of sp³-hybridized carbons (Fsp3) is 0.462. The second-order valence-electron chi connectivity index (χ2n) is 4.67. The minimum absolute atomic E-state index is 0. The standard InChI is InChI=1S/C13H18N4O2S2.ClH/c1-2-3-4-16-10(18)6-17-8-5-9(12(14)15)21-13(8)20-7-11(17)19;/h5H,2-4,6-7H2,1H3,(H3,14,15)(H,16,18);1H. The van der Waals surface area contributed by atoms with Crippen LogP contribution >= 0.6 is 35.5 Å². The molecule has 0 saturated carbocycles. The van der Waals surface area contributed by atoms with Crippen LogP contribution in [0.1, 0.15) is 24.6 Å². The van der Waals surface area contributed by atoms with Gasteiger partial charge in [0.25, 0.3) is 0 Å². The molecule has 0 radical (unpaired) electrons. The van der Waals surface area contributed by atoms with Gasteiger partial charge in [0.05, 0.1) is 20.5 Å². The maximum Gasteiger partial charge on any atom is 0.240 e. The Bertz CT molecular complexity index is 576. The van der Waals surface area contributed by atoms with Crippen molar-refractivity contribution in [3.8, 4) is 0 Å². The molecule has 2 amide bonds. The molecule has 0 spiro atoms. The average molecular weight is 363 g/mol. The minimum atomic E-state index is -0.162. The van der Waals surface area contributed by atoms with Gasteiger partial charge in [0.2, 0.25) is 11.8 Å². The van der Waals surface area contributed by atoms with Crippen LogP contribution in [-0.2, 0) is 9.59 Å². The lowest BCUT2D eigenvalue weighted by Crippen LogP contribution is -2.43. The van der Waals surface area contributed by atoms with Crippen molar-refractivity contribution in [3.05, 3.63) is 10.9 Å². The number of hydrogen-bond donors (Lipinski definition) is 3. The number of nitrogens with one attached hydrogen (secondary N) is 2. The number of nitrogens with two attached hydrogens (primary N) is 1. The van der Waals surface area contributed by atoms with Crippen LogP contribution in [0.3, 0.4) is 0 Å².